The summed E-state index contributed by atoms with van der Waals surface area (Å²) < 4.78 is 0. The molecule has 1 rings (SSSR count). The van der Waals surface area contributed by atoms with Crippen molar-refractivity contribution in [3.63, 3.8) is 0 Å². The number of β-amino-alcohol motifs (C(OH)–C–C–N with tert-alkyl or cyclic N) is 1. The van der Waals surface area contributed by atoms with E-state index in [-0.39, 0.29) is 6.10 Å². The van der Waals surface area contributed by atoms with Crippen molar-refractivity contribution in [1.82, 2.24) is 10.2 Å². The van der Waals surface area contributed by atoms with E-state index < -0.39 is 0 Å². The van der Waals surface area contributed by atoms with Gasteiger partial charge < -0.3 is 15.3 Å². The standard InChI is InChI=1S/C8H18N2O/c1-3-9-7-4-8(11)6-10(2)5-7/h7-9,11H,3-6H2,1-2H3. The van der Waals surface area contributed by atoms with Gasteiger partial charge in [-0.3, -0.25) is 0 Å². The normalized spacial score (nSPS) is 34.1. The van der Waals surface area contributed by atoms with E-state index in [1.165, 1.54) is 0 Å². The minimum Gasteiger partial charge on any atom is -0.392 e. The predicted molar refractivity (Wildman–Crippen MR) is 45.6 cm³/mol. The number of nitrogens with zero attached hydrogens (tertiary/aromatic N) is 1. The molecule has 1 aliphatic heterocycles. The highest BCUT2D eigenvalue weighted by atomic mass is 16.3. The zero-order valence-electron chi connectivity index (χ0n) is 7.38. The number of aliphatic hydroxyl groups excluding tert-OH is 1. The molecule has 2 unspecified atom stereocenters. The molecule has 3 nitrogen and oxygen atoms in total. The Morgan fingerprint density at radius 3 is 2.82 bits per heavy atom. The fraction of sp³-hybridized carbons (Fsp3) is 1.00. The van der Waals surface area contributed by atoms with Crippen LogP contribution in [0.1, 0.15) is 13.3 Å². The molecule has 1 aliphatic rings. The smallest absolute Gasteiger partial charge is 0.0682 e. The Morgan fingerprint density at radius 2 is 2.27 bits per heavy atom. The molecule has 0 aromatic heterocycles. The summed E-state index contributed by atoms with van der Waals surface area (Å²) in [6, 6.07) is 0.480. The van der Waals surface area contributed by atoms with Gasteiger partial charge in [0, 0.05) is 19.1 Å². The van der Waals surface area contributed by atoms with Crippen LogP contribution in [0.4, 0.5) is 0 Å². The number of rotatable bonds is 2. The van der Waals surface area contributed by atoms with E-state index >= 15 is 0 Å². The molecule has 11 heavy (non-hydrogen) atoms. The van der Waals surface area contributed by atoms with Crippen molar-refractivity contribution >= 4 is 0 Å². The average Bonchev–Trinajstić information content (AvgIpc) is 1.85. The van der Waals surface area contributed by atoms with Crippen molar-refractivity contribution in [3.05, 3.63) is 0 Å². The summed E-state index contributed by atoms with van der Waals surface area (Å²) in [6.45, 7) is 4.97. The third-order valence-corrected chi connectivity index (χ3v) is 2.10. The summed E-state index contributed by atoms with van der Waals surface area (Å²) in [5.41, 5.74) is 0. The minimum atomic E-state index is -0.141. The SMILES string of the molecule is CCNC1CC(O)CN(C)C1. The number of nitrogens with one attached hydrogen (secondary N) is 1. The van der Waals surface area contributed by atoms with E-state index in [1.807, 2.05) is 7.05 Å². The summed E-state index contributed by atoms with van der Waals surface area (Å²) in [7, 11) is 2.05. The van der Waals surface area contributed by atoms with Gasteiger partial charge in [0.1, 0.15) is 0 Å². The zero-order chi connectivity index (χ0) is 8.27. The van der Waals surface area contributed by atoms with Crippen molar-refractivity contribution in [2.24, 2.45) is 0 Å². The zero-order valence-corrected chi connectivity index (χ0v) is 7.38. The highest BCUT2D eigenvalue weighted by molar-refractivity contribution is 4.80. The van der Waals surface area contributed by atoms with Crippen molar-refractivity contribution in [2.45, 2.75) is 25.5 Å². The molecule has 0 saturated carbocycles. The molecular weight excluding hydrogens is 140 g/mol. The fourth-order valence-electron chi connectivity index (χ4n) is 1.72. The second kappa shape index (κ2) is 4.04. The Hall–Kier alpha value is -0.120. The first-order valence-corrected chi connectivity index (χ1v) is 4.32. The van der Waals surface area contributed by atoms with Gasteiger partial charge in [-0.1, -0.05) is 6.92 Å². The number of aliphatic hydroxyl groups is 1. The number of hydrogen-bond acceptors (Lipinski definition) is 3. The third kappa shape index (κ3) is 2.77. The van der Waals surface area contributed by atoms with Crippen LogP contribution in [0.15, 0.2) is 0 Å². The average molecular weight is 158 g/mol. The molecule has 0 bridgehead atoms. The van der Waals surface area contributed by atoms with E-state index in [0.29, 0.717) is 6.04 Å². The van der Waals surface area contributed by atoms with Crippen LogP contribution in [0.3, 0.4) is 0 Å². The number of likely N-dealkylation sites (tertiary alicyclic amines) is 1. The van der Waals surface area contributed by atoms with E-state index in [1.54, 1.807) is 0 Å². The molecule has 2 N–H and O–H groups in total. The van der Waals surface area contributed by atoms with E-state index in [2.05, 4.69) is 17.1 Å². The van der Waals surface area contributed by atoms with Gasteiger partial charge in [0.25, 0.3) is 0 Å². The van der Waals surface area contributed by atoms with Crippen LogP contribution in [0, 0.1) is 0 Å². The maximum absolute atomic E-state index is 9.39. The molecule has 2 atom stereocenters. The Morgan fingerprint density at radius 1 is 1.55 bits per heavy atom. The van der Waals surface area contributed by atoms with Crippen LogP contribution in [-0.4, -0.2) is 48.8 Å². The first-order valence-electron chi connectivity index (χ1n) is 4.32. The molecule has 66 valence electrons. The highest BCUT2D eigenvalue weighted by Crippen LogP contribution is 2.08. The Kier molecular flexibility index (Phi) is 3.30. The Bertz CT molecular complexity index is 109. The van der Waals surface area contributed by atoms with Crippen molar-refractivity contribution in [3.8, 4) is 0 Å². The van der Waals surface area contributed by atoms with Gasteiger partial charge in [0.15, 0.2) is 0 Å². The molecule has 0 aromatic carbocycles. The van der Waals surface area contributed by atoms with Crippen LogP contribution < -0.4 is 5.32 Å². The second-order valence-electron chi connectivity index (χ2n) is 3.37. The van der Waals surface area contributed by atoms with Gasteiger partial charge in [-0.25, -0.2) is 0 Å². The first kappa shape index (κ1) is 8.97. The van der Waals surface area contributed by atoms with Crippen LogP contribution >= 0.6 is 0 Å². The van der Waals surface area contributed by atoms with Crippen LogP contribution in [-0.2, 0) is 0 Å². The van der Waals surface area contributed by atoms with Gasteiger partial charge >= 0.3 is 0 Å². The molecular formula is C8H18N2O. The summed E-state index contributed by atoms with van der Waals surface area (Å²) >= 11 is 0. The largest absolute Gasteiger partial charge is 0.392 e. The maximum Gasteiger partial charge on any atom is 0.0682 e. The Labute approximate surface area is 68.4 Å². The molecule has 1 saturated heterocycles. The lowest BCUT2D eigenvalue weighted by atomic mass is 10.0. The molecule has 1 heterocycles. The van der Waals surface area contributed by atoms with Crippen LogP contribution in [0.25, 0.3) is 0 Å². The highest BCUT2D eigenvalue weighted by Gasteiger charge is 2.22. The van der Waals surface area contributed by atoms with E-state index in [9.17, 15) is 5.11 Å². The monoisotopic (exact) mass is 158 g/mol. The fourth-order valence-corrected chi connectivity index (χ4v) is 1.72. The molecule has 3 heteroatoms. The van der Waals surface area contributed by atoms with Gasteiger partial charge in [0.05, 0.1) is 6.10 Å². The van der Waals surface area contributed by atoms with E-state index in [4.69, 9.17) is 0 Å². The van der Waals surface area contributed by atoms with Crippen molar-refractivity contribution in [2.75, 3.05) is 26.7 Å². The minimum absolute atomic E-state index is 0.141. The number of likely N-dealkylation sites (N-methyl/N-ethyl adjacent to an activating group) is 2. The quantitative estimate of drug-likeness (QED) is 0.577. The summed E-state index contributed by atoms with van der Waals surface area (Å²) in [6.07, 6.45) is 0.760. The lowest BCUT2D eigenvalue weighted by molar-refractivity contribution is 0.0657. The summed E-state index contributed by atoms with van der Waals surface area (Å²) in [4.78, 5) is 2.17. The van der Waals surface area contributed by atoms with E-state index in [0.717, 1.165) is 26.1 Å². The van der Waals surface area contributed by atoms with Gasteiger partial charge in [0.2, 0.25) is 0 Å². The molecule has 0 radical (unpaired) electrons. The Balaban J connectivity index is 2.30. The van der Waals surface area contributed by atoms with Crippen LogP contribution in [0.5, 0.6) is 0 Å². The maximum atomic E-state index is 9.39. The molecule has 0 spiro atoms. The van der Waals surface area contributed by atoms with Crippen molar-refractivity contribution in [1.29, 1.82) is 0 Å². The summed E-state index contributed by atoms with van der Waals surface area (Å²) in [5.74, 6) is 0. The number of hydrogen-bond donors (Lipinski definition) is 2. The lowest BCUT2D eigenvalue weighted by Crippen LogP contribution is -2.49. The molecule has 0 aromatic rings. The predicted octanol–water partition coefficient (Wildman–Crippen LogP) is -0.339. The number of piperidine rings is 1. The molecule has 1 fully saturated rings. The van der Waals surface area contributed by atoms with Crippen molar-refractivity contribution < 1.29 is 5.11 Å². The third-order valence-electron chi connectivity index (χ3n) is 2.10. The van der Waals surface area contributed by atoms with Gasteiger partial charge in [-0.15, -0.1) is 0 Å². The first-order chi connectivity index (χ1) is 5.22. The second-order valence-corrected chi connectivity index (χ2v) is 3.37. The van der Waals surface area contributed by atoms with Crippen LogP contribution in [0.2, 0.25) is 0 Å². The summed E-state index contributed by atoms with van der Waals surface area (Å²) in [5, 5.41) is 12.7. The molecule has 0 aliphatic carbocycles. The van der Waals surface area contributed by atoms with Gasteiger partial charge in [-0.05, 0) is 20.0 Å². The topological polar surface area (TPSA) is 35.5 Å². The molecule has 0 amide bonds. The van der Waals surface area contributed by atoms with Gasteiger partial charge in [-0.2, -0.15) is 0 Å². The lowest BCUT2D eigenvalue weighted by Gasteiger charge is -2.33.